The van der Waals surface area contributed by atoms with E-state index in [4.69, 9.17) is 10.7 Å². The molecule has 0 spiro atoms. The maximum absolute atomic E-state index is 9.49. The van der Waals surface area contributed by atoms with Crippen LogP contribution < -0.4 is 15.5 Å². The van der Waals surface area contributed by atoms with Crippen molar-refractivity contribution in [1.29, 1.82) is 0 Å². The summed E-state index contributed by atoms with van der Waals surface area (Å²) in [5, 5.41) is 10.3. The van der Waals surface area contributed by atoms with Crippen molar-refractivity contribution in [1.82, 2.24) is 14.5 Å². The molecular formula is C22H22N6O. The molecule has 0 aliphatic carbocycles. The lowest BCUT2D eigenvalue weighted by molar-refractivity contribution is 0.475. The topological polar surface area (TPSA) is 83.4 Å². The number of benzene rings is 2. The summed E-state index contributed by atoms with van der Waals surface area (Å²) >= 11 is 0. The molecule has 7 heteroatoms. The molecule has 146 valence electrons. The summed E-state index contributed by atoms with van der Waals surface area (Å²) in [6.45, 7) is 3.31. The van der Waals surface area contributed by atoms with Gasteiger partial charge in [0.05, 0.1) is 5.39 Å². The van der Waals surface area contributed by atoms with Crippen LogP contribution in [0, 0.1) is 0 Å². The molecule has 0 unspecified atom stereocenters. The van der Waals surface area contributed by atoms with Gasteiger partial charge >= 0.3 is 0 Å². The highest BCUT2D eigenvalue weighted by atomic mass is 16.3. The van der Waals surface area contributed by atoms with Crippen molar-refractivity contribution in [3.8, 4) is 11.4 Å². The molecule has 0 amide bonds. The Morgan fingerprint density at radius 3 is 2.17 bits per heavy atom. The number of nitrogens with zero attached hydrogens (tertiary/aromatic N) is 5. The van der Waals surface area contributed by atoms with Gasteiger partial charge in [0.15, 0.2) is 5.65 Å². The Bertz CT molecular complexity index is 1130. The van der Waals surface area contributed by atoms with Gasteiger partial charge in [-0.05, 0) is 42.5 Å². The summed E-state index contributed by atoms with van der Waals surface area (Å²) in [5.41, 5.74) is 9.23. The van der Waals surface area contributed by atoms with Crippen LogP contribution in [0.3, 0.4) is 0 Å². The lowest BCUT2D eigenvalue weighted by atomic mass is 10.2. The first-order valence-electron chi connectivity index (χ1n) is 9.68. The van der Waals surface area contributed by atoms with E-state index in [2.05, 4.69) is 14.8 Å². The number of nitrogen functional groups attached to an aromatic ring is 1. The quantitative estimate of drug-likeness (QED) is 0.563. The molecule has 1 aliphatic heterocycles. The molecular weight excluding hydrogens is 364 g/mol. The van der Waals surface area contributed by atoms with Crippen molar-refractivity contribution >= 4 is 28.5 Å². The van der Waals surface area contributed by atoms with Gasteiger partial charge in [-0.25, -0.2) is 0 Å². The van der Waals surface area contributed by atoms with Crippen LogP contribution in [-0.2, 0) is 0 Å². The normalized spacial score (nSPS) is 14.5. The lowest BCUT2D eigenvalue weighted by Crippen LogP contribution is -2.47. The fourth-order valence-corrected chi connectivity index (χ4v) is 3.79. The summed E-state index contributed by atoms with van der Waals surface area (Å²) in [7, 11) is 0. The molecule has 0 atom stereocenters. The molecule has 7 nitrogen and oxygen atoms in total. The van der Waals surface area contributed by atoms with Crippen molar-refractivity contribution in [2.45, 2.75) is 0 Å². The average molecular weight is 386 g/mol. The Kier molecular flexibility index (Phi) is 4.20. The van der Waals surface area contributed by atoms with E-state index in [-0.39, 0.29) is 5.75 Å². The molecule has 1 fully saturated rings. The Morgan fingerprint density at radius 1 is 0.759 bits per heavy atom. The molecule has 29 heavy (non-hydrogen) atoms. The van der Waals surface area contributed by atoms with E-state index in [0.29, 0.717) is 11.8 Å². The van der Waals surface area contributed by atoms with Crippen LogP contribution in [-0.4, -0.2) is 45.8 Å². The third-order valence-corrected chi connectivity index (χ3v) is 5.37. The summed E-state index contributed by atoms with van der Waals surface area (Å²) < 4.78 is 2.05. The molecule has 0 bridgehead atoms. The van der Waals surface area contributed by atoms with E-state index >= 15 is 0 Å². The van der Waals surface area contributed by atoms with E-state index in [1.165, 1.54) is 0 Å². The molecule has 3 N–H and O–H groups in total. The molecule has 2 aromatic carbocycles. The second-order valence-corrected chi connectivity index (χ2v) is 7.16. The molecule has 2 aromatic heterocycles. The van der Waals surface area contributed by atoms with Gasteiger partial charge in [-0.15, -0.1) is 0 Å². The number of fused-ring (bicyclic) bond motifs is 1. The Balaban J connectivity index is 1.42. The molecule has 1 aliphatic rings. The van der Waals surface area contributed by atoms with Gasteiger partial charge in [0.1, 0.15) is 11.6 Å². The number of para-hydroxylation sites is 1. The van der Waals surface area contributed by atoms with Gasteiger partial charge in [0.2, 0.25) is 5.95 Å². The first kappa shape index (κ1) is 17.4. The summed E-state index contributed by atoms with van der Waals surface area (Å²) in [4.78, 5) is 13.9. The number of phenolic OH excluding ortho intramolecular Hbond substituents is 1. The van der Waals surface area contributed by atoms with Crippen LogP contribution in [0.15, 0.2) is 66.9 Å². The highest BCUT2D eigenvalue weighted by Gasteiger charge is 2.21. The van der Waals surface area contributed by atoms with Crippen molar-refractivity contribution in [3.05, 3.63) is 66.9 Å². The highest BCUT2D eigenvalue weighted by molar-refractivity contribution is 5.88. The maximum Gasteiger partial charge on any atom is 0.229 e. The van der Waals surface area contributed by atoms with Crippen LogP contribution in [0.1, 0.15) is 0 Å². The molecule has 0 radical (unpaired) electrons. The van der Waals surface area contributed by atoms with Crippen LogP contribution in [0.4, 0.5) is 17.5 Å². The zero-order valence-electron chi connectivity index (χ0n) is 15.9. The largest absolute Gasteiger partial charge is 0.508 e. The molecule has 1 saturated heterocycles. The lowest BCUT2D eigenvalue weighted by Gasteiger charge is -2.36. The third kappa shape index (κ3) is 3.20. The zero-order chi connectivity index (χ0) is 19.8. The van der Waals surface area contributed by atoms with Gasteiger partial charge in [-0.2, -0.15) is 9.97 Å². The second kappa shape index (κ2) is 7.01. The van der Waals surface area contributed by atoms with E-state index < -0.39 is 0 Å². The Morgan fingerprint density at radius 2 is 1.45 bits per heavy atom. The average Bonchev–Trinajstić information content (AvgIpc) is 3.20. The van der Waals surface area contributed by atoms with Crippen molar-refractivity contribution in [2.24, 2.45) is 0 Å². The molecule has 5 rings (SSSR count). The van der Waals surface area contributed by atoms with Crippen LogP contribution in [0.25, 0.3) is 16.7 Å². The van der Waals surface area contributed by atoms with Crippen LogP contribution >= 0.6 is 0 Å². The number of rotatable bonds is 3. The number of nitrogens with two attached hydrogens (primary N) is 1. The van der Waals surface area contributed by atoms with Gasteiger partial charge in [0, 0.05) is 43.8 Å². The van der Waals surface area contributed by atoms with Gasteiger partial charge in [-0.1, -0.05) is 18.2 Å². The zero-order valence-corrected chi connectivity index (χ0v) is 15.9. The standard InChI is InChI=1S/C22H22N6O/c23-20-19-10-11-28(17-4-2-1-3-5-17)21(19)25-22(24-20)27-14-12-26(13-15-27)16-6-8-18(29)9-7-16/h1-11,29H,12-15H2,(H2,23,24,25). The van der Waals surface area contributed by atoms with Crippen molar-refractivity contribution < 1.29 is 5.11 Å². The second-order valence-electron chi connectivity index (χ2n) is 7.16. The minimum Gasteiger partial charge on any atom is -0.508 e. The number of hydrogen-bond acceptors (Lipinski definition) is 6. The van der Waals surface area contributed by atoms with Gasteiger partial charge in [0.25, 0.3) is 0 Å². The number of piperazine rings is 1. The molecule has 3 heterocycles. The predicted octanol–water partition coefficient (Wildman–Crippen LogP) is 3.03. The Hall–Kier alpha value is -3.74. The van der Waals surface area contributed by atoms with E-state index in [1.54, 1.807) is 12.1 Å². The van der Waals surface area contributed by atoms with Gasteiger partial charge < -0.3 is 25.2 Å². The summed E-state index contributed by atoms with van der Waals surface area (Å²) in [6.07, 6.45) is 1.98. The maximum atomic E-state index is 9.49. The van der Waals surface area contributed by atoms with Crippen molar-refractivity contribution in [2.75, 3.05) is 41.7 Å². The minimum atomic E-state index is 0.283. The number of aromatic nitrogens is 3. The first-order chi connectivity index (χ1) is 14.2. The van der Waals surface area contributed by atoms with E-state index in [0.717, 1.165) is 48.6 Å². The SMILES string of the molecule is Nc1nc(N2CCN(c3ccc(O)cc3)CC2)nc2c1ccn2-c1ccccc1. The first-order valence-corrected chi connectivity index (χ1v) is 9.68. The molecule has 0 saturated carbocycles. The fourth-order valence-electron chi connectivity index (χ4n) is 3.79. The number of anilines is 3. The number of phenols is 1. The highest BCUT2D eigenvalue weighted by Crippen LogP contribution is 2.26. The fraction of sp³-hybridized carbons (Fsp3) is 0.182. The van der Waals surface area contributed by atoms with Crippen LogP contribution in [0.2, 0.25) is 0 Å². The van der Waals surface area contributed by atoms with Crippen molar-refractivity contribution in [3.63, 3.8) is 0 Å². The predicted molar refractivity (Wildman–Crippen MR) is 116 cm³/mol. The smallest absolute Gasteiger partial charge is 0.229 e. The summed E-state index contributed by atoms with van der Waals surface area (Å²) in [6, 6.07) is 19.4. The van der Waals surface area contributed by atoms with E-state index in [1.807, 2.05) is 59.3 Å². The summed E-state index contributed by atoms with van der Waals surface area (Å²) in [5.74, 6) is 1.45. The van der Waals surface area contributed by atoms with E-state index in [9.17, 15) is 5.11 Å². The van der Waals surface area contributed by atoms with Gasteiger partial charge in [-0.3, -0.25) is 0 Å². The Labute approximate surface area is 168 Å². The molecule has 4 aromatic rings. The number of hydrogen-bond donors (Lipinski definition) is 2. The monoisotopic (exact) mass is 386 g/mol. The number of aromatic hydroxyl groups is 1. The minimum absolute atomic E-state index is 0.283. The van der Waals surface area contributed by atoms with Crippen LogP contribution in [0.5, 0.6) is 5.75 Å². The third-order valence-electron chi connectivity index (χ3n) is 5.37.